The summed E-state index contributed by atoms with van der Waals surface area (Å²) in [5.74, 6) is 0.373. The van der Waals surface area contributed by atoms with Crippen LogP contribution in [0, 0.1) is 5.92 Å². The minimum absolute atomic E-state index is 0.373. The largest absolute Gasteiger partial charge is 0.316 e. The van der Waals surface area contributed by atoms with E-state index in [1.165, 1.54) is 18.6 Å². The van der Waals surface area contributed by atoms with E-state index in [-0.39, 0.29) is 0 Å². The van der Waals surface area contributed by atoms with Crippen molar-refractivity contribution in [1.29, 1.82) is 0 Å². The molecule has 0 amide bonds. The first-order chi connectivity index (χ1) is 9.09. The van der Waals surface area contributed by atoms with Crippen molar-refractivity contribution < 1.29 is 8.42 Å². The number of nitrogens with zero attached hydrogens (tertiary/aromatic N) is 2. The molecule has 1 fully saturated rings. The quantitative estimate of drug-likeness (QED) is 0.820. The second-order valence-corrected chi connectivity index (χ2v) is 6.96. The molecule has 0 saturated carbocycles. The first-order valence-corrected chi connectivity index (χ1v) is 8.09. The van der Waals surface area contributed by atoms with Crippen molar-refractivity contribution in [1.82, 2.24) is 20.0 Å². The van der Waals surface area contributed by atoms with Gasteiger partial charge in [-0.3, -0.25) is 9.97 Å². The minimum Gasteiger partial charge on any atom is -0.316 e. The lowest BCUT2D eigenvalue weighted by Gasteiger charge is -2.23. The molecule has 0 spiro atoms. The maximum absolute atomic E-state index is 12.2. The van der Waals surface area contributed by atoms with Crippen molar-refractivity contribution in [3.63, 3.8) is 0 Å². The van der Waals surface area contributed by atoms with Gasteiger partial charge in [0.15, 0.2) is 0 Å². The van der Waals surface area contributed by atoms with E-state index in [2.05, 4.69) is 20.0 Å². The number of hydrogen-bond acceptors (Lipinski definition) is 5. The molecular weight excluding hydrogens is 264 g/mol. The van der Waals surface area contributed by atoms with Crippen LogP contribution in [-0.4, -0.2) is 38.0 Å². The Hall–Kier alpha value is -1.05. The Balaban J connectivity index is 1.94. The van der Waals surface area contributed by atoms with Gasteiger partial charge < -0.3 is 5.32 Å². The number of piperidine rings is 1. The van der Waals surface area contributed by atoms with E-state index in [9.17, 15) is 8.42 Å². The van der Waals surface area contributed by atoms with Gasteiger partial charge in [0.1, 0.15) is 5.25 Å². The predicted octanol–water partition coefficient (Wildman–Crippen LogP) is 0.457. The topological polar surface area (TPSA) is 84.0 Å². The molecule has 7 heteroatoms. The Morgan fingerprint density at radius 1 is 1.53 bits per heavy atom. The van der Waals surface area contributed by atoms with E-state index in [4.69, 9.17) is 0 Å². The highest BCUT2D eigenvalue weighted by atomic mass is 32.2. The molecule has 0 bridgehead atoms. The van der Waals surface area contributed by atoms with Gasteiger partial charge in [0, 0.05) is 25.1 Å². The van der Waals surface area contributed by atoms with Gasteiger partial charge in [0.25, 0.3) is 0 Å². The summed E-state index contributed by atoms with van der Waals surface area (Å²) >= 11 is 0. The lowest BCUT2D eigenvalue weighted by molar-refractivity contribution is 0.375. The predicted molar refractivity (Wildman–Crippen MR) is 73.0 cm³/mol. The van der Waals surface area contributed by atoms with Crippen LogP contribution in [0.3, 0.4) is 0 Å². The summed E-state index contributed by atoms with van der Waals surface area (Å²) in [6.45, 7) is 4.02. The van der Waals surface area contributed by atoms with Crippen LogP contribution in [0.15, 0.2) is 18.6 Å². The van der Waals surface area contributed by atoms with Crippen LogP contribution in [0.4, 0.5) is 0 Å². The van der Waals surface area contributed by atoms with Crippen molar-refractivity contribution in [2.24, 2.45) is 5.92 Å². The lowest BCUT2D eigenvalue weighted by Crippen LogP contribution is -2.39. The average molecular weight is 284 g/mol. The van der Waals surface area contributed by atoms with E-state index in [1.54, 1.807) is 6.92 Å². The highest BCUT2D eigenvalue weighted by molar-refractivity contribution is 7.89. The summed E-state index contributed by atoms with van der Waals surface area (Å²) in [6, 6.07) is 0. The smallest absolute Gasteiger partial charge is 0.220 e. The van der Waals surface area contributed by atoms with Crippen LogP contribution >= 0.6 is 0 Å². The fourth-order valence-corrected chi connectivity index (χ4v) is 3.29. The van der Waals surface area contributed by atoms with E-state index >= 15 is 0 Å². The third kappa shape index (κ3) is 3.95. The normalized spacial score (nSPS) is 22.1. The van der Waals surface area contributed by atoms with E-state index in [0.717, 1.165) is 25.9 Å². The Labute approximate surface area is 114 Å². The monoisotopic (exact) mass is 284 g/mol. The fourth-order valence-electron chi connectivity index (χ4n) is 2.14. The van der Waals surface area contributed by atoms with Crippen LogP contribution in [0.1, 0.15) is 30.7 Å². The molecule has 1 saturated heterocycles. The van der Waals surface area contributed by atoms with Gasteiger partial charge in [-0.15, -0.1) is 0 Å². The summed E-state index contributed by atoms with van der Waals surface area (Å²) < 4.78 is 27.0. The van der Waals surface area contributed by atoms with Crippen LogP contribution in [0.25, 0.3) is 0 Å². The maximum atomic E-state index is 12.2. The standard InChI is InChI=1S/C12H20N4O2S/c1-10(12-9-14-5-6-15-12)19(17,18)16-8-11-3-2-4-13-7-11/h5-6,9-11,13,16H,2-4,7-8H2,1H3/t10-,11-/m1/s1. The van der Waals surface area contributed by atoms with Gasteiger partial charge in [0.2, 0.25) is 10.0 Å². The first-order valence-electron chi connectivity index (χ1n) is 6.54. The Morgan fingerprint density at radius 2 is 2.37 bits per heavy atom. The van der Waals surface area contributed by atoms with Crippen LogP contribution in [0.5, 0.6) is 0 Å². The first kappa shape index (κ1) is 14.4. The SMILES string of the molecule is C[C@H](c1cnccn1)S(=O)(=O)NC[C@@H]1CCCNC1. The molecule has 0 aliphatic carbocycles. The molecule has 0 aromatic carbocycles. The Bertz CT molecular complexity index is 486. The number of sulfonamides is 1. The molecule has 2 rings (SSSR count). The summed E-state index contributed by atoms with van der Waals surface area (Å²) in [5, 5.41) is 2.59. The van der Waals surface area contributed by atoms with Crippen molar-refractivity contribution in [2.45, 2.75) is 25.0 Å². The van der Waals surface area contributed by atoms with Gasteiger partial charge in [-0.2, -0.15) is 0 Å². The third-order valence-corrected chi connectivity index (χ3v) is 5.18. The zero-order valence-corrected chi connectivity index (χ0v) is 11.9. The number of aromatic nitrogens is 2. The van der Waals surface area contributed by atoms with Crippen molar-refractivity contribution in [3.8, 4) is 0 Å². The molecule has 6 nitrogen and oxygen atoms in total. The average Bonchev–Trinajstić information content (AvgIpc) is 2.46. The Kier molecular flexibility index (Phi) is 4.84. The van der Waals surface area contributed by atoms with Crippen molar-refractivity contribution in [2.75, 3.05) is 19.6 Å². The molecule has 0 unspecified atom stereocenters. The minimum atomic E-state index is -3.39. The second kappa shape index (κ2) is 6.40. The lowest BCUT2D eigenvalue weighted by atomic mass is 10.0. The van der Waals surface area contributed by atoms with Gasteiger partial charge in [-0.05, 0) is 38.8 Å². The highest BCUT2D eigenvalue weighted by Crippen LogP contribution is 2.18. The molecule has 1 aromatic heterocycles. The van der Waals surface area contributed by atoms with E-state index in [0.29, 0.717) is 18.2 Å². The summed E-state index contributed by atoms with van der Waals surface area (Å²) in [5.41, 5.74) is 0.469. The van der Waals surface area contributed by atoms with E-state index in [1.807, 2.05) is 0 Å². The molecule has 1 aliphatic rings. The van der Waals surface area contributed by atoms with Gasteiger partial charge in [0.05, 0.1) is 5.69 Å². The van der Waals surface area contributed by atoms with Crippen LogP contribution in [0.2, 0.25) is 0 Å². The molecular formula is C12H20N4O2S. The second-order valence-electron chi connectivity index (χ2n) is 4.88. The van der Waals surface area contributed by atoms with Crippen molar-refractivity contribution >= 4 is 10.0 Å². The molecule has 1 aliphatic heterocycles. The van der Waals surface area contributed by atoms with E-state index < -0.39 is 15.3 Å². The molecule has 2 N–H and O–H groups in total. The van der Waals surface area contributed by atoms with Crippen molar-refractivity contribution in [3.05, 3.63) is 24.3 Å². The summed E-state index contributed by atoms with van der Waals surface area (Å²) in [4.78, 5) is 7.95. The molecule has 2 heterocycles. The van der Waals surface area contributed by atoms with Gasteiger partial charge >= 0.3 is 0 Å². The number of nitrogens with one attached hydrogen (secondary N) is 2. The summed E-state index contributed by atoms with van der Waals surface area (Å²) in [7, 11) is -3.39. The maximum Gasteiger partial charge on any atom is 0.220 e. The fraction of sp³-hybridized carbons (Fsp3) is 0.667. The zero-order valence-electron chi connectivity index (χ0n) is 11.0. The third-order valence-electron chi connectivity index (χ3n) is 3.44. The highest BCUT2D eigenvalue weighted by Gasteiger charge is 2.25. The molecule has 19 heavy (non-hydrogen) atoms. The molecule has 2 atom stereocenters. The molecule has 0 radical (unpaired) electrons. The van der Waals surface area contributed by atoms with Gasteiger partial charge in [-0.25, -0.2) is 13.1 Å². The number of rotatable bonds is 5. The number of hydrogen-bond donors (Lipinski definition) is 2. The van der Waals surface area contributed by atoms with Gasteiger partial charge in [-0.1, -0.05) is 0 Å². The zero-order chi connectivity index (χ0) is 13.7. The molecule has 106 valence electrons. The molecule has 1 aromatic rings. The van der Waals surface area contributed by atoms with Crippen LogP contribution in [-0.2, 0) is 10.0 Å². The summed E-state index contributed by atoms with van der Waals surface area (Å²) in [6.07, 6.45) is 6.70. The van der Waals surface area contributed by atoms with Crippen LogP contribution < -0.4 is 10.0 Å². The Morgan fingerprint density at radius 3 is 3.00 bits per heavy atom.